The monoisotopic (exact) mass is 458 g/mol. The average Bonchev–Trinajstić information content (AvgIpc) is 3.14. The van der Waals surface area contributed by atoms with E-state index in [0.717, 1.165) is 10.0 Å². The molecule has 0 aliphatic heterocycles. The number of carbonyl (C=O) groups excluding carboxylic acids is 1. The summed E-state index contributed by atoms with van der Waals surface area (Å²) >= 11 is 8.53. The highest BCUT2D eigenvalue weighted by molar-refractivity contribution is 9.10. The van der Waals surface area contributed by atoms with Crippen LogP contribution in [0.4, 0.5) is 5.69 Å². The highest BCUT2D eigenvalue weighted by Gasteiger charge is 2.15. The summed E-state index contributed by atoms with van der Waals surface area (Å²) in [5, 5.41) is 14.6. The standard InChI is InChI=1S/C20H15BrN2O4S/c1-11-14(19(25)26)3-2-4-15(11)22-20(28)23-18(24)17-10-9-16(27-17)12-5-7-13(21)8-6-12/h2-10H,1H3,(H,25,26)(H2,22,23,24,28). The molecule has 3 N–H and O–H groups in total. The van der Waals surface area contributed by atoms with Crippen LogP contribution in [-0.2, 0) is 0 Å². The first-order valence-corrected chi connectivity index (χ1v) is 9.36. The van der Waals surface area contributed by atoms with Crippen molar-refractivity contribution in [2.45, 2.75) is 6.92 Å². The minimum atomic E-state index is -1.04. The van der Waals surface area contributed by atoms with Crippen molar-refractivity contribution in [3.63, 3.8) is 0 Å². The first kappa shape index (κ1) is 19.8. The molecule has 0 saturated heterocycles. The van der Waals surface area contributed by atoms with E-state index < -0.39 is 11.9 Å². The van der Waals surface area contributed by atoms with Crippen molar-refractivity contribution in [1.29, 1.82) is 0 Å². The van der Waals surface area contributed by atoms with Gasteiger partial charge in [0.25, 0.3) is 5.91 Å². The summed E-state index contributed by atoms with van der Waals surface area (Å²) in [7, 11) is 0. The zero-order valence-electron chi connectivity index (χ0n) is 14.7. The molecule has 0 fully saturated rings. The molecular weight excluding hydrogens is 444 g/mol. The van der Waals surface area contributed by atoms with E-state index in [1.54, 1.807) is 31.2 Å². The van der Waals surface area contributed by atoms with Crippen LogP contribution in [0.5, 0.6) is 0 Å². The third-order valence-electron chi connectivity index (χ3n) is 4.00. The molecule has 3 aromatic rings. The second-order valence-electron chi connectivity index (χ2n) is 5.86. The predicted octanol–water partition coefficient (Wildman–Crippen LogP) is 4.84. The smallest absolute Gasteiger partial charge is 0.336 e. The molecular formula is C20H15BrN2O4S. The Bertz CT molecular complexity index is 1060. The van der Waals surface area contributed by atoms with E-state index in [2.05, 4.69) is 26.6 Å². The molecule has 0 spiro atoms. The molecule has 3 rings (SSSR count). The van der Waals surface area contributed by atoms with Gasteiger partial charge in [0, 0.05) is 15.7 Å². The summed E-state index contributed by atoms with van der Waals surface area (Å²) in [6.07, 6.45) is 0. The molecule has 0 aliphatic rings. The van der Waals surface area contributed by atoms with Crippen molar-refractivity contribution in [2.75, 3.05) is 5.32 Å². The fourth-order valence-corrected chi connectivity index (χ4v) is 3.02. The van der Waals surface area contributed by atoms with Crippen LogP contribution in [0.2, 0.25) is 0 Å². The maximum absolute atomic E-state index is 12.4. The van der Waals surface area contributed by atoms with E-state index in [9.17, 15) is 14.7 Å². The minimum Gasteiger partial charge on any atom is -0.478 e. The Morgan fingerprint density at radius 2 is 1.79 bits per heavy atom. The van der Waals surface area contributed by atoms with Crippen LogP contribution in [0, 0.1) is 6.92 Å². The number of hydrogen-bond acceptors (Lipinski definition) is 4. The molecule has 1 heterocycles. The van der Waals surface area contributed by atoms with Crippen molar-refractivity contribution in [3.8, 4) is 11.3 Å². The molecule has 0 saturated carbocycles. The zero-order chi connectivity index (χ0) is 20.3. The Labute approximate surface area is 174 Å². The number of rotatable bonds is 4. The summed E-state index contributed by atoms with van der Waals surface area (Å²) in [6, 6.07) is 15.5. The summed E-state index contributed by atoms with van der Waals surface area (Å²) in [5.74, 6) is -0.875. The van der Waals surface area contributed by atoms with Gasteiger partial charge >= 0.3 is 5.97 Å². The molecule has 0 bridgehead atoms. The van der Waals surface area contributed by atoms with Crippen LogP contribution >= 0.6 is 28.1 Å². The Hall–Kier alpha value is -2.97. The number of thiocarbonyl (C=S) groups is 1. The quantitative estimate of drug-likeness (QED) is 0.484. The number of aromatic carboxylic acids is 1. The van der Waals surface area contributed by atoms with Gasteiger partial charge in [-0.3, -0.25) is 10.1 Å². The maximum atomic E-state index is 12.4. The van der Waals surface area contributed by atoms with Crippen molar-refractivity contribution in [1.82, 2.24) is 5.32 Å². The lowest BCUT2D eigenvalue weighted by Crippen LogP contribution is -2.34. The molecule has 142 valence electrons. The normalized spacial score (nSPS) is 10.4. The summed E-state index contributed by atoms with van der Waals surface area (Å²) in [5.41, 5.74) is 2.01. The predicted molar refractivity (Wildman–Crippen MR) is 114 cm³/mol. The van der Waals surface area contributed by atoms with Crippen LogP contribution in [-0.4, -0.2) is 22.1 Å². The molecule has 28 heavy (non-hydrogen) atoms. The van der Waals surface area contributed by atoms with Gasteiger partial charge in [0.2, 0.25) is 0 Å². The Balaban J connectivity index is 1.68. The van der Waals surface area contributed by atoms with Gasteiger partial charge in [-0.25, -0.2) is 4.79 Å². The van der Waals surface area contributed by atoms with E-state index in [1.165, 1.54) is 6.07 Å². The van der Waals surface area contributed by atoms with Crippen molar-refractivity contribution < 1.29 is 19.1 Å². The molecule has 2 aromatic carbocycles. The molecule has 8 heteroatoms. The molecule has 0 aliphatic carbocycles. The SMILES string of the molecule is Cc1c(NC(=S)NC(=O)c2ccc(-c3ccc(Br)cc3)o2)cccc1C(=O)O. The number of hydrogen-bond donors (Lipinski definition) is 3. The Morgan fingerprint density at radius 3 is 2.46 bits per heavy atom. The number of furan rings is 1. The molecule has 1 amide bonds. The third kappa shape index (κ3) is 4.47. The second-order valence-corrected chi connectivity index (χ2v) is 7.19. The minimum absolute atomic E-state index is 0.0391. The number of carbonyl (C=O) groups is 2. The van der Waals surface area contributed by atoms with E-state index in [0.29, 0.717) is 17.0 Å². The first-order chi connectivity index (χ1) is 13.3. The number of anilines is 1. The summed E-state index contributed by atoms with van der Waals surface area (Å²) < 4.78 is 6.55. The van der Waals surface area contributed by atoms with Gasteiger partial charge in [0.05, 0.1) is 5.56 Å². The number of carboxylic acid groups (broad SMARTS) is 1. The first-order valence-electron chi connectivity index (χ1n) is 8.16. The highest BCUT2D eigenvalue weighted by Crippen LogP contribution is 2.24. The van der Waals surface area contributed by atoms with Gasteiger partial charge in [0.1, 0.15) is 5.76 Å². The van der Waals surface area contributed by atoms with E-state index in [4.69, 9.17) is 16.6 Å². The lowest BCUT2D eigenvalue weighted by molar-refractivity contribution is 0.0696. The fraction of sp³-hybridized carbons (Fsp3) is 0.0500. The Morgan fingerprint density at radius 1 is 1.07 bits per heavy atom. The van der Waals surface area contributed by atoms with Crippen molar-refractivity contribution in [3.05, 3.63) is 76.0 Å². The number of nitrogens with one attached hydrogen (secondary N) is 2. The van der Waals surface area contributed by atoms with Crippen LogP contribution in [0.3, 0.4) is 0 Å². The molecule has 0 atom stereocenters. The van der Waals surface area contributed by atoms with Gasteiger partial charge in [-0.15, -0.1) is 0 Å². The molecule has 0 unspecified atom stereocenters. The maximum Gasteiger partial charge on any atom is 0.336 e. The van der Waals surface area contributed by atoms with Crippen LogP contribution in [0.1, 0.15) is 26.5 Å². The zero-order valence-corrected chi connectivity index (χ0v) is 17.1. The van der Waals surface area contributed by atoms with Gasteiger partial charge in [-0.2, -0.15) is 0 Å². The summed E-state index contributed by atoms with van der Waals surface area (Å²) in [6.45, 7) is 1.66. The lowest BCUT2D eigenvalue weighted by Gasteiger charge is -2.12. The van der Waals surface area contributed by atoms with Gasteiger partial charge < -0.3 is 14.8 Å². The van der Waals surface area contributed by atoms with Gasteiger partial charge in [0.15, 0.2) is 10.9 Å². The van der Waals surface area contributed by atoms with Crippen molar-refractivity contribution >= 4 is 50.8 Å². The molecule has 0 radical (unpaired) electrons. The largest absolute Gasteiger partial charge is 0.478 e. The second kappa shape index (κ2) is 8.37. The summed E-state index contributed by atoms with van der Waals surface area (Å²) in [4.78, 5) is 23.6. The molecule has 6 nitrogen and oxygen atoms in total. The lowest BCUT2D eigenvalue weighted by atomic mass is 10.1. The van der Waals surface area contributed by atoms with E-state index in [-0.39, 0.29) is 16.4 Å². The number of benzene rings is 2. The van der Waals surface area contributed by atoms with Gasteiger partial charge in [-0.1, -0.05) is 34.1 Å². The topological polar surface area (TPSA) is 91.6 Å². The van der Waals surface area contributed by atoms with Gasteiger partial charge in [-0.05, 0) is 61.1 Å². The van der Waals surface area contributed by atoms with Crippen molar-refractivity contribution in [2.24, 2.45) is 0 Å². The average molecular weight is 459 g/mol. The number of amides is 1. The number of halogens is 1. The van der Waals surface area contributed by atoms with E-state index in [1.807, 2.05) is 24.3 Å². The highest BCUT2D eigenvalue weighted by atomic mass is 79.9. The van der Waals surface area contributed by atoms with Crippen LogP contribution < -0.4 is 10.6 Å². The number of carboxylic acids is 1. The van der Waals surface area contributed by atoms with Crippen LogP contribution in [0.15, 0.2) is 63.5 Å². The Kier molecular flexibility index (Phi) is 5.91. The fourth-order valence-electron chi connectivity index (χ4n) is 2.55. The van der Waals surface area contributed by atoms with E-state index >= 15 is 0 Å². The third-order valence-corrected chi connectivity index (χ3v) is 4.73. The molecule has 1 aromatic heterocycles. The van der Waals surface area contributed by atoms with Crippen LogP contribution in [0.25, 0.3) is 11.3 Å².